The van der Waals surface area contributed by atoms with Crippen LogP contribution in [0.3, 0.4) is 0 Å². The van der Waals surface area contributed by atoms with Gasteiger partial charge in [-0.15, -0.1) is 0 Å². The maximum Gasteiger partial charge on any atom is 0.176 e. The van der Waals surface area contributed by atoms with E-state index < -0.39 is 12.3 Å². The summed E-state index contributed by atoms with van der Waals surface area (Å²) in [5, 5.41) is 29.9. The van der Waals surface area contributed by atoms with Crippen LogP contribution in [0.25, 0.3) is 0 Å². The van der Waals surface area contributed by atoms with Gasteiger partial charge in [-0.25, -0.2) is 0 Å². The fourth-order valence-electron chi connectivity index (χ4n) is 1.35. The van der Waals surface area contributed by atoms with Gasteiger partial charge in [0, 0.05) is 6.54 Å². The number of nitrogens with zero attached hydrogens (tertiary/aromatic N) is 1. The molecule has 0 fully saturated rings. The van der Waals surface area contributed by atoms with Crippen LogP contribution < -0.4 is 10.1 Å². The highest BCUT2D eigenvalue weighted by Crippen LogP contribution is 2.18. The summed E-state index contributed by atoms with van der Waals surface area (Å²) in [4.78, 5) is 0. The van der Waals surface area contributed by atoms with Crippen LogP contribution in [-0.4, -0.2) is 29.1 Å². The molecular weight excluding hydrogens is 232 g/mol. The average molecular weight is 248 g/mol. The zero-order valence-corrected chi connectivity index (χ0v) is 10.1. The molecule has 2 unspecified atom stereocenters. The molecule has 5 nitrogen and oxygen atoms in total. The first-order valence-corrected chi connectivity index (χ1v) is 5.55. The predicted molar refractivity (Wildman–Crippen MR) is 67.0 cm³/mol. The quantitative estimate of drug-likeness (QED) is 0.522. The second kappa shape index (κ2) is 7.33. The molecule has 3 N–H and O–H groups in total. The van der Waals surface area contributed by atoms with Crippen molar-refractivity contribution in [1.82, 2.24) is 5.32 Å². The highest BCUT2D eigenvalue weighted by molar-refractivity contribution is 5.42. The molecule has 1 rings (SSSR count). The molecule has 0 aliphatic carbocycles. The molecule has 0 aliphatic rings. The molecule has 2 atom stereocenters. The van der Waals surface area contributed by atoms with Crippen molar-refractivity contribution in [1.29, 1.82) is 5.26 Å². The van der Waals surface area contributed by atoms with Crippen molar-refractivity contribution in [3.05, 3.63) is 42.2 Å². The van der Waals surface area contributed by atoms with E-state index in [0.29, 0.717) is 17.9 Å². The van der Waals surface area contributed by atoms with Gasteiger partial charge in [0.2, 0.25) is 0 Å². The Kier molecular flexibility index (Phi) is 5.71. The third kappa shape index (κ3) is 4.09. The predicted octanol–water partition coefficient (Wildman–Crippen LogP) is 1.31. The monoisotopic (exact) mass is 248 g/mol. The van der Waals surface area contributed by atoms with Crippen molar-refractivity contribution in [2.24, 2.45) is 0 Å². The molecule has 1 aromatic carbocycles. The second-order valence-electron chi connectivity index (χ2n) is 3.68. The van der Waals surface area contributed by atoms with Gasteiger partial charge in [0.15, 0.2) is 6.23 Å². The first-order valence-electron chi connectivity index (χ1n) is 5.55. The van der Waals surface area contributed by atoms with E-state index in [0.717, 1.165) is 6.26 Å². The summed E-state index contributed by atoms with van der Waals surface area (Å²) in [7, 11) is 0. The fourth-order valence-corrected chi connectivity index (χ4v) is 1.35. The molecule has 0 saturated carbocycles. The summed E-state index contributed by atoms with van der Waals surface area (Å²) in [6.07, 6.45) is 0.976. The molecule has 0 aromatic heterocycles. The summed E-state index contributed by atoms with van der Waals surface area (Å²) in [6.45, 7) is 1.93. The normalized spacial score (nSPS) is 14.1. The summed E-state index contributed by atoms with van der Waals surface area (Å²) >= 11 is 0. The van der Waals surface area contributed by atoms with E-state index in [1.54, 1.807) is 31.2 Å². The minimum Gasteiger partial charge on any atom is -0.516 e. The number of ether oxygens (including phenoxy) is 1. The lowest BCUT2D eigenvalue weighted by Crippen LogP contribution is -2.43. The minimum atomic E-state index is -0.760. The first-order chi connectivity index (χ1) is 8.69. The van der Waals surface area contributed by atoms with Crippen LogP contribution in [0.2, 0.25) is 0 Å². The van der Waals surface area contributed by atoms with E-state index in [4.69, 9.17) is 15.1 Å². The van der Waals surface area contributed by atoms with Crippen LogP contribution in [0.5, 0.6) is 5.75 Å². The van der Waals surface area contributed by atoms with Crippen molar-refractivity contribution >= 4 is 0 Å². The number of nitrogens with one attached hydrogen (secondary N) is 1. The molecule has 0 spiro atoms. The van der Waals surface area contributed by atoms with Crippen molar-refractivity contribution < 1.29 is 14.9 Å². The van der Waals surface area contributed by atoms with Gasteiger partial charge in [0.25, 0.3) is 0 Å². The third-order valence-electron chi connectivity index (χ3n) is 2.24. The van der Waals surface area contributed by atoms with Gasteiger partial charge >= 0.3 is 0 Å². The Morgan fingerprint density at radius 3 is 2.83 bits per heavy atom. The Morgan fingerprint density at radius 1 is 1.50 bits per heavy atom. The molecule has 0 aliphatic heterocycles. The second-order valence-corrected chi connectivity index (χ2v) is 3.68. The zero-order chi connectivity index (χ0) is 13.4. The molecule has 1 aromatic rings. The van der Waals surface area contributed by atoms with E-state index >= 15 is 0 Å². The highest BCUT2D eigenvalue weighted by atomic mass is 16.5. The molecule has 18 heavy (non-hydrogen) atoms. The summed E-state index contributed by atoms with van der Waals surface area (Å²) in [6, 6.07) is 8.82. The van der Waals surface area contributed by atoms with Crippen LogP contribution in [0.1, 0.15) is 12.5 Å². The lowest BCUT2D eigenvalue weighted by atomic mass is 10.2. The molecule has 0 amide bonds. The first kappa shape index (κ1) is 14.0. The number of para-hydroxylation sites is 1. The van der Waals surface area contributed by atoms with Crippen LogP contribution in [0.4, 0.5) is 0 Å². The van der Waals surface area contributed by atoms with Crippen LogP contribution in [0, 0.1) is 11.3 Å². The van der Waals surface area contributed by atoms with Crippen molar-refractivity contribution in [2.45, 2.75) is 19.3 Å². The van der Waals surface area contributed by atoms with Gasteiger partial charge in [0.05, 0.1) is 11.8 Å². The minimum absolute atomic E-state index is 0.348. The number of aliphatic hydroxyl groups excluding tert-OH is 2. The van der Waals surface area contributed by atoms with Crippen LogP contribution in [-0.2, 0) is 0 Å². The van der Waals surface area contributed by atoms with E-state index in [1.165, 1.54) is 6.08 Å². The maximum atomic E-state index is 9.58. The fraction of sp³-hybridized carbons (Fsp3) is 0.308. The average Bonchev–Trinajstić information content (AvgIpc) is 2.38. The molecular formula is C13H16N2O3. The maximum absolute atomic E-state index is 9.58. The number of hydrogen-bond acceptors (Lipinski definition) is 5. The Morgan fingerprint density at radius 2 is 2.22 bits per heavy atom. The van der Waals surface area contributed by atoms with Gasteiger partial charge in [-0.05, 0) is 25.1 Å². The zero-order valence-electron chi connectivity index (χ0n) is 10.1. The van der Waals surface area contributed by atoms with E-state index in [-0.39, 0.29) is 0 Å². The van der Waals surface area contributed by atoms with E-state index in [2.05, 4.69) is 5.32 Å². The third-order valence-corrected chi connectivity index (χ3v) is 2.24. The largest absolute Gasteiger partial charge is 0.516 e. The summed E-state index contributed by atoms with van der Waals surface area (Å²) < 4.78 is 5.55. The Hall–Kier alpha value is -2.03. The Balaban J connectivity index is 2.74. The Labute approximate surface area is 106 Å². The van der Waals surface area contributed by atoms with Crippen LogP contribution in [0.15, 0.2) is 36.6 Å². The molecule has 0 heterocycles. The molecule has 0 bridgehead atoms. The lowest BCUT2D eigenvalue weighted by molar-refractivity contribution is 0.0291. The number of benzene rings is 1. The summed E-state index contributed by atoms with van der Waals surface area (Å²) in [5.74, 6) is 0.409. The summed E-state index contributed by atoms with van der Waals surface area (Å²) in [5.41, 5.74) is 0.405. The SMILES string of the molecule is CC(O)C(NCC=CO)Oc1ccccc1C#N. The molecule has 5 heteroatoms. The van der Waals surface area contributed by atoms with Gasteiger partial charge in [0.1, 0.15) is 17.9 Å². The van der Waals surface area contributed by atoms with Gasteiger partial charge < -0.3 is 14.9 Å². The topological polar surface area (TPSA) is 85.5 Å². The van der Waals surface area contributed by atoms with E-state index in [1.807, 2.05) is 6.07 Å². The van der Waals surface area contributed by atoms with Gasteiger partial charge in [-0.1, -0.05) is 12.1 Å². The Bertz CT molecular complexity index is 438. The lowest BCUT2D eigenvalue weighted by Gasteiger charge is -2.22. The standard InChI is InChI=1S/C13H16N2O3/c1-10(17)13(15-7-4-8-16)18-12-6-3-2-5-11(12)9-14/h2-6,8,10,13,15-17H,7H2,1H3. The van der Waals surface area contributed by atoms with Crippen molar-refractivity contribution in [3.63, 3.8) is 0 Å². The number of nitriles is 1. The number of rotatable bonds is 6. The van der Waals surface area contributed by atoms with Gasteiger partial charge in [-0.2, -0.15) is 5.26 Å². The molecule has 96 valence electrons. The number of aliphatic hydroxyl groups is 2. The molecule has 0 radical (unpaired) electrons. The molecule has 0 saturated heterocycles. The van der Waals surface area contributed by atoms with Crippen molar-refractivity contribution in [2.75, 3.05) is 6.54 Å². The number of hydrogen-bond donors (Lipinski definition) is 3. The van der Waals surface area contributed by atoms with Crippen LogP contribution >= 0.6 is 0 Å². The van der Waals surface area contributed by atoms with Crippen molar-refractivity contribution in [3.8, 4) is 11.8 Å². The highest BCUT2D eigenvalue weighted by Gasteiger charge is 2.16. The van der Waals surface area contributed by atoms with Gasteiger partial charge in [-0.3, -0.25) is 5.32 Å². The van der Waals surface area contributed by atoms with E-state index in [9.17, 15) is 5.11 Å². The smallest absolute Gasteiger partial charge is 0.176 e.